The largest absolute Gasteiger partial charge is 0.413 e. The number of carbonyl (C=O) groups is 3. The molecule has 14 heteroatoms. The monoisotopic (exact) mass is 563 g/mol. The number of amides is 4. The van der Waals surface area contributed by atoms with E-state index in [2.05, 4.69) is 10.1 Å². The van der Waals surface area contributed by atoms with Crippen molar-refractivity contribution < 1.29 is 27.6 Å². The Kier molecular flexibility index (Phi) is 6.65. The van der Waals surface area contributed by atoms with Gasteiger partial charge in [0, 0.05) is 39.3 Å². The highest BCUT2D eigenvalue weighted by atomic mass is 35.5. The molecule has 0 radical (unpaired) electrons. The second kappa shape index (κ2) is 9.70. The van der Waals surface area contributed by atoms with Crippen LogP contribution in [0.25, 0.3) is 5.65 Å². The average molecular weight is 564 g/mol. The molecule has 2 atom stereocenters. The lowest BCUT2D eigenvalue weighted by atomic mass is 10.0. The SMILES string of the molecule is CC(=O)N1C(=O)N(C)CC1C(=O)N(C)[C@@H](c1ccc(N2CCCc3c2cnc2cc(Cl)nn32)cc1)C(F)(F)F. The van der Waals surface area contributed by atoms with Gasteiger partial charge in [-0.2, -0.15) is 18.3 Å². The zero-order chi connectivity index (χ0) is 28.2. The van der Waals surface area contributed by atoms with Gasteiger partial charge in [-0.1, -0.05) is 23.7 Å². The minimum atomic E-state index is -4.81. The first-order valence-electron chi connectivity index (χ1n) is 12.2. The van der Waals surface area contributed by atoms with Gasteiger partial charge in [0.05, 0.1) is 24.1 Å². The molecule has 1 unspecified atom stereocenters. The van der Waals surface area contributed by atoms with Crippen LogP contribution in [0.1, 0.15) is 30.6 Å². The Balaban J connectivity index is 1.44. The molecule has 0 saturated carbocycles. The summed E-state index contributed by atoms with van der Waals surface area (Å²) in [6, 6.07) is 3.09. The molecule has 39 heavy (non-hydrogen) atoms. The summed E-state index contributed by atoms with van der Waals surface area (Å²) in [5.74, 6) is -1.69. The van der Waals surface area contributed by atoms with Crippen molar-refractivity contribution in [2.45, 2.75) is 38.0 Å². The van der Waals surface area contributed by atoms with Crippen molar-refractivity contribution in [3.05, 3.63) is 52.9 Å². The van der Waals surface area contributed by atoms with E-state index >= 15 is 0 Å². The minimum Gasteiger partial charge on any atom is -0.339 e. The molecule has 206 valence electrons. The fourth-order valence-electron chi connectivity index (χ4n) is 5.31. The van der Waals surface area contributed by atoms with Gasteiger partial charge in [-0.15, -0.1) is 0 Å². The van der Waals surface area contributed by atoms with Crippen LogP contribution in [0.15, 0.2) is 36.5 Å². The maximum absolute atomic E-state index is 14.3. The van der Waals surface area contributed by atoms with Gasteiger partial charge >= 0.3 is 12.2 Å². The van der Waals surface area contributed by atoms with Crippen molar-refractivity contribution in [1.29, 1.82) is 0 Å². The molecule has 1 fully saturated rings. The zero-order valence-corrected chi connectivity index (χ0v) is 22.1. The van der Waals surface area contributed by atoms with Crippen LogP contribution in [0.4, 0.5) is 29.3 Å². The number of imide groups is 1. The highest BCUT2D eigenvalue weighted by Crippen LogP contribution is 2.40. The van der Waals surface area contributed by atoms with Gasteiger partial charge in [0.2, 0.25) is 11.8 Å². The Bertz CT molecular complexity index is 1460. The quantitative estimate of drug-likeness (QED) is 0.479. The van der Waals surface area contributed by atoms with Crippen molar-refractivity contribution in [2.24, 2.45) is 0 Å². The first kappa shape index (κ1) is 26.7. The summed E-state index contributed by atoms with van der Waals surface area (Å²) in [4.78, 5) is 46.2. The molecule has 4 heterocycles. The Morgan fingerprint density at radius 3 is 2.54 bits per heavy atom. The van der Waals surface area contributed by atoms with Crippen LogP contribution in [-0.4, -0.2) is 86.5 Å². The molecule has 1 aromatic carbocycles. The smallest absolute Gasteiger partial charge is 0.339 e. The van der Waals surface area contributed by atoms with E-state index in [1.54, 1.807) is 28.9 Å². The van der Waals surface area contributed by atoms with E-state index in [9.17, 15) is 27.6 Å². The molecule has 1 saturated heterocycles. The van der Waals surface area contributed by atoms with E-state index in [1.165, 1.54) is 19.2 Å². The summed E-state index contributed by atoms with van der Waals surface area (Å²) in [7, 11) is 2.41. The number of urea groups is 1. The van der Waals surface area contributed by atoms with E-state index in [0.29, 0.717) is 32.8 Å². The molecule has 0 bridgehead atoms. The topological polar surface area (TPSA) is 94.4 Å². The number of halogens is 4. The lowest BCUT2D eigenvalue weighted by Gasteiger charge is -2.34. The van der Waals surface area contributed by atoms with Gasteiger partial charge in [0.15, 0.2) is 16.8 Å². The van der Waals surface area contributed by atoms with Crippen LogP contribution in [0, 0.1) is 0 Å². The van der Waals surface area contributed by atoms with Crippen molar-refractivity contribution >= 4 is 46.5 Å². The van der Waals surface area contributed by atoms with Crippen LogP contribution in [0.3, 0.4) is 0 Å². The maximum Gasteiger partial charge on any atom is 0.413 e. The van der Waals surface area contributed by atoms with Crippen molar-refractivity contribution in [2.75, 3.05) is 32.1 Å². The van der Waals surface area contributed by atoms with Crippen LogP contribution in [0.2, 0.25) is 5.15 Å². The van der Waals surface area contributed by atoms with E-state index in [1.807, 2.05) is 4.90 Å². The number of aromatic nitrogens is 3. The van der Waals surface area contributed by atoms with Crippen LogP contribution >= 0.6 is 11.6 Å². The Morgan fingerprint density at radius 2 is 1.90 bits per heavy atom. The predicted octanol–water partition coefficient (Wildman–Crippen LogP) is 3.81. The van der Waals surface area contributed by atoms with Crippen molar-refractivity contribution in [3.8, 4) is 0 Å². The van der Waals surface area contributed by atoms with E-state index in [-0.39, 0.29) is 12.1 Å². The summed E-state index contributed by atoms with van der Waals surface area (Å²) in [6.45, 7) is 1.53. The highest BCUT2D eigenvalue weighted by Gasteiger charge is 2.50. The number of aryl methyl sites for hydroxylation is 1. The third kappa shape index (κ3) is 4.64. The number of anilines is 2. The second-order valence-electron chi connectivity index (χ2n) is 9.64. The number of carbonyl (C=O) groups excluding carboxylic acids is 3. The number of fused-ring (bicyclic) bond motifs is 3. The summed E-state index contributed by atoms with van der Waals surface area (Å²) in [6.07, 6.45) is -1.59. The van der Waals surface area contributed by atoms with Gasteiger partial charge in [0.25, 0.3) is 0 Å². The number of likely N-dealkylation sites (N-methyl/N-ethyl adjacent to an activating group) is 2. The first-order chi connectivity index (χ1) is 18.4. The predicted molar refractivity (Wildman–Crippen MR) is 136 cm³/mol. The summed E-state index contributed by atoms with van der Waals surface area (Å²) in [5, 5.41) is 4.61. The summed E-state index contributed by atoms with van der Waals surface area (Å²) < 4.78 is 44.6. The molecular formula is C25H25ClF3N7O3. The normalized spacial score (nSPS) is 18.5. The molecule has 2 aliphatic rings. The van der Waals surface area contributed by atoms with E-state index in [0.717, 1.165) is 43.1 Å². The lowest BCUT2D eigenvalue weighted by molar-refractivity contribution is -0.190. The molecule has 0 spiro atoms. The van der Waals surface area contributed by atoms with Gasteiger partial charge in [0.1, 0.15) is 6.04 Å². The fourth-order valence-corrected chi connectivity index (χ4v) is 5.48. The summed E-state index contributed by atoms with van der Waals surface area (Å²) in [5.41, 5.74) is 2.78. The van der Waals surface area contributed by atoms with Crippen molar-refractivity contribution in [3.63, 3.8) is 0 Å². The molecule has 0 N–H and O–H groups in total. The molecule has 10 nitrogen and oxygen atoms in total. The molecule has 0 aliphatic carbocycles. The Hall–Kier alpha value is -3.87. The summed E-state index contributed by atoms with van der Waals surface area (Å²) >= 11 is 6.05. The first-order valence-corrected chi connectivity index (χ1v) is 12.5. The van der Waals surface area contributed by atoms with Gasteiger partial charge in [-0.05, 0) is 30.5 Å². The van der Waals surface area contributed by atoms with Crippen LogP contribution in [-0.2, 0) is 16.0 Å². The number of hydrogen-bond acceptors (Lipinski definition) is 6. The molecule has 2 aliphatic heterocycles. The van der Waals surface area contributed by atoms with E-state index < -0.39 is 36.1 Å². The molecule has 2 aromatic heterocycles. The molecule has 3 aromatic rings. The van der Waals surface area contributed by atoms with Gasteiger partial charge in [-0.3, -0.25) is 9.59 Å². The molecular weight excluding hydrogens is 539 g/mol. The number of rotatable bonds is 4. The van der Waals surface area contributed by atoms with Gasteiger partial charge < -0.3 is 14.7 Å². The standard InChI is InChI=1S/C25H25ClF3N7O3/c1-14(37)35-19(13-32(2)24(35)39)23(38)33(3)22(25(27,28)29)15-6-8-16(9-7-15)34-10-4-5-17-18(34)12-30-21-11-20(26)31-36(17)21/h6-9,11-12,19,22H,4-5,10,13H2,1-3H3/t19?,22-/m0/s1. The lowest BCUT2D eigenvalue weighted by Crippen LogP contribution is -2.51. The third-order valence-corrected chi connectivity index (χ3v) is 7.28. The second-order valence-corrected chi connectivity index (χ2v) is 10.0. The third-order valence-electron chi connectivity index (χ3n) is 7.10. The molecule has 5 rings (SSSR count). The molecule has 4 amide bonds. The van der Waals surface area contributed by atoms with Crippen LogP contribution in [0.5, 0.6) is 0 Å². The number of alkyl halides is 3. The van der Waals surface area contributed by atoms with Crippen LogP contribution < -0.4 is 4.90 Å². The fraction of sp³-hybridized carbons (Fsp3) is 0.400. The zero-order valence-electron chi connectivity index (χ0n) is 21.3. The number of hydrogen-bond donors (Lipinski definition) is 0. The Labute approximate surface area is 226 Å². The minimum absolute atomic E-state index is 0.154. The van der Waals surface area contributed by atoms with E-state index in [4.69, 9.17) is 11.6 Å². The average Bonchev–Trinajstić information content (AvgIpc) is 3.41. The maximum atomic E-state index is 14.3. The number of benzene rings is 1. The number of nitrogens with zero attached hydrogens (tertiary/aromatic N) is 7. The highest BCUT2D eigenvalue weighted by molar-refractivity contribution is 6.29. The van der Waals surface area contributed by atoms with Crippen molar-refractivity contribution in [1.82, 2.24) is 29.3 Å². The van der Waals surface area contributed by atoms with Gasteiger partial charge in [-0.25, -0.2) is 19.2 Å². The Morgan fingerprint density at radius 1 is 1.21 bits per heavy atom.